The van der Waals surface area contributed by atoms with Crippen LogP contribution < -0.4 is 5.32 Å². The molecule has 0 aliphatic carbocycles. The van der Waals surface area contributed by atoms with E-state index in [-0.39, 0.29) is 0 Å². The first kappa shape index (κ1) is 10.4. The van der Waals surface area contributed by atoms with Crippen LogP contribution in [0.2, 0.25) is 0 Å². The van der Waals surface area contributed by atoms with E-state index < -0.39 is 0 Å². The van der Waals surface area contributed by atoms with Gasteiger partial charge in [0.25, 0.3) is 0 Å². The highest BCUT2D eigenvalue weighted by molar-refractivity contribution is 4.91. The summed E-state index contributed by atoms with van der Waals surface area (Å²) in [7, 11) is 2.26. The van der Waals surface area contributed by atoms with Crippen molar-refractivity contribution in [3.8, 4) is 0 Å². The maximum Gasteiger partial charge on any atom is 0.0127 e. The van der Waals surface area contributed by atoms with Crippen molar-refractivity contribution >= 4 is 0 Å². The lowest BCUT2D eigenvalue weighted by molar-refractivity contribution is 0.174. The molecule has 2 heteroatoms. The molecule has 1 N–H and O–H groups in total. The van der Waals surface area contributed by atoms with Crippen LogP contribution in [0.4, 0.5) is 0 Å². The van der Waals surface area contributed by atoms with Crippen molar-refractivity contribution in [1.82, 2.24) is 10.2 Å². The van der Waals surface area contributed by atoms with Crippen LogP contribution in [0.15, 0.2) is 0 Å². The van der Waals surface area contributed by atoms with Gasteiger partial charge in [-0.05, 0) is 65.1 Å². The summed E-state index contributed by atoms with van der Waals surface area (Å²) in [5.41, 5.74) is 0.379. The van der Waals surface area contributed by atoms with E-state index in [0.29, 0.717) is 5.54 Å². The molecule has 0 amide bonds. The highest BCUT2D eigenvalue weighted by atomic mass is 15.1. The predicted molar refractivity (Wildman–Crippen MR) is 60.4 cm³/mol. The van der Waals surface area contributed by atoms with Crippen molar-refractivity contribution in [2.24, 2.45) is 11.8 Å². The average molecular weight is 196 g/mol. The largest absolute Gasteiger partial charge is 0.312 e. The summed E-state index contributed by atoms with van der Waals surface area (Å²) in [6, 6.07) is 0. The number of likely N-dealkylation sites (tertiary alicyclic amines) is 1. The first-order valence-electron chi connectivity index (χ1n) is 6.00. The number of hydrogen-bond acceptors (Lipinski definition) is 2. The smallest absolute Gasteiger partial charge is 0.0127 e. The number of piperidine rings is 1. The van der Waals surface area contributed by atoms with Crippen LogP contribution in [0.3, 0.4) is 0 Å². The van der Waals surface area contributed by atoms with Gasteiger partial charge in [-0.1, -0.05) is 0 Å². The molecule has 2 rings (SSSR count). The van der Waals surface area contributed by atoms with Gasteiger partial charge in [0.05, 0.1) is 0 Å². The maximum absolute atomic E-state index is 3.61. The molecule has 14 heavy (non-hydrogen) atoms. The lowest BCUT2D eigenvalue weighted by atomic mass is 9.77. The molecule has 0 aromatic rings. The zero-order valence-corrected chi connectivity index (χ0v) is 9.84. The van der Waals surface area contributed by atoms with Gasteiger partial charge in [0.2, 0.25) is 0 Å². The Kier molecular flexibility index (Phi) is 2.85. The zero-order chi connectivity index (χ0) is 10.2. The van der Waals surface area contributed by atoms with E-state index in [1.807, 2.05) is 0 Å². The lowest BCUT2D eigenvalue weighted by Crippen LogP contribution is -2.47. The van der Waals surface area contributed by atoms with Crippen LogP contribution in [0, 0.1) is 11.8 Å². The maximum atomic E-state index is 3.61. The van der Waals surface area contributed by atoms with Crippen molar-refractivity contribution in [2.45, 2.75) is 38.6 Å². The Morgan fingerprint density at radius 1 is 1.21 bits per heavy atom. The van der Waals surface area contributed by atoms with Crippen LogP contribution in [0.1, 0.15) is 33.1 Å². The van der Waals surface area contributed by atoms with E-state index in [0.717, 1.165) is 11.8 Å². The fraction of sp³-hybridized carbons (Fsp3) is 1.00. The third-order valence-corrected chi connectivity index (χ3v) is 3.99. The Labute approximate surface area is 88.1 Å². The minimum absolute atomic E-state index is 0.379. The van der Waals surface area contributed by atoms with Gasteiger partial charge < -0.3 is 10.2 Å². The fourth-order valence-corrected chi connectivity index (χ4v) is 3.18. The van der Waals surface area contributed by atoms with Gasteiger partial charge in [-0.15, -0.1) is 0 Å². The fourth-order valence-electron chi connectivity index (χ4n) is 3.18. The van der Waals surface area contributed by atoms with Gasteiger partial charge in [-0.3, -0.25) is 0 Å². The average Bonchev–Trinajstić information content (AvgIpc) is 2.50. The van der Waals surface area contributed by atoms with E-state index in [9.17, 15) is 0 Å². The van der Waals surface area contributed by atoms with Crippen molar-refractivity contribution in [3.63, 3.8) is 0 Å². The zero-order valence-electron chi connectivity index (χ0n) is 9.84. The summed E-state index contributed by atoms with van der Waals surface area (Å²) >= 11 is 0. The highest BCUT2D eigenvalue weighted by Gasteiger charge is 2.34. The summed E-state index contributed by atoms with van der Waals surface area (Å²) in [5, 5.41) is 3.61. The van der Waals surface area contributed by atoms with Gasteiger partial charge >= 0.3 is 0 Å². The van der Waals surface area contributed by atoms with Crippen molar-refractivity contribution in [1.29, 1.82) is 0 Å². The molecule has 2 unspecified atom stereocenters. The third-order valence-electron chi connectivity index (χ3n) is 3.99. The van der Waals surface area contributed by atoms with E-state index in [4.69, 9.17) is 0 Å². The van der Waals surface area contributed by atoms with Crippen LogP contribution in [-0.4, -0.2) is 37.1 Å². The second-order valence-corrected chi connectivity index (χ2v) is 5.87. The molecule has 0 radical (unpaired) electrons. The minimum atomic E-state index is 0.379. The SMILES string of the molecule is CN1CCC(C2CCNC(C)(C)C2)C1. The lowest BCUT2D eigenvalue weighted by Gasteiger charge is -2.39. The predicted octanol–water partition coefficient (Wildman–Crippen LogP) is 1.72. The van der Waals surface area contributed by atoms with E-state index >= 15 is 0 Å². The van der Waals surface area contributed by atoms with E-state index in [1.165, 1.54) is 38.9 Å². The quantitative estimate of drug-likeness (QED) is 0.687. The number of rotatable bonds is 1. The summed E-state index contributed by atoms with van der Waals surface area (Å²) in [6.45, 7) is 8.56. The number of nitrogens with zero attached hydrogens (tertiary/aromatic N) is 1. The molecule has 2 aliphatic heterocycles. The molecule has 2 fully saturated rings. The summed E-state index contributed by atoms with van der Waals surface area (Å²) in [6.07, 6.45) is 4.19. The van der Waals surface area contributed by atoms with Crippen LogP contribution in [0.5, 0.6) is 0 Å². The van der Waals surface area contributed by atoms with Crippen molar-refractivity contribution in [3.05, 3.63) is 0 Å². The molecular formula is C12H24N2. The molecule has 2 atom stereocenters. The van der Waals surface area contributed by atoms with Gasteiger partial charge in [-0.25, -0.2) is 0 Å². The van der Waals surface area contributed by atoms with Gasteiger partial charge in [-0.2, -0.15) is 0 Å². The van der Waals surface area contributed by atoms with E-state index in [2.05, 4.69) is 31.1 Å². The van der Waals surface area contributed by atoms with Crippen LogP contribution in [-0.2, 0) is 0 Å². The summed E-state index contributed by atoms with van der Waals surface area (Å²) < 4.78 is 0. The Morgan fingerprint density at radius 3 is 2.57 bits per heavy atom. The highest BCUT2D eigenvalue weighted by Crippen LogP contribution is 2.34. The first-order chi connectivity index (χ1) is 6.57. The summed E-state index contributed by atoms with van der Waals surface area (Å²) in [5.74, 6) is 1.94. The minimum Gasteiger partial charge on any atom is -0.312 e. The molecule has 0 bridgehead atoms. The van der Waals surface area contributed by atoms with Crippen LogP contribution >= 0.6 is 0 Å². The molecule has 2 aliphatic rings. The Morgan fingerprint density at radius 2 is 2.00 bits per heavy atom. The molecule has 2 saturated heterocycles. The molecule has 0 saturated carbocycles. The van der Waals surface area contributed by atoms with Crippen molar-refractivity contribution < 1.29 is 0 Å². The van der Waals surface area contributed by atoms with Gasteiger partial charge in [0, 0.05) is 12.1 Å². The summed E-state index contributed by atoms with van der Waals surface area (Å²) in [4.78, 5) is 2.49. The number of hydrogen-bond donors (Lipinski definition) is 1. The molecular weight excluding hydrogens is 172 g/mol. The van der Waals surface area contributed by atoms with Crippen LogP contribution in [0.25, 0.3) is 0 Å². The Balaban J connectivity index is 1.91. The third kappa shape index (κ3) is 2.29. The Bertz CT molecular complexity index is 200. The van der Waals surface area contributed by atoms with Crippen molar-refractivity contribution in [2.75, 3.05) is 26.7 Å². The molecule has 0 aromatic heterocycles. The topological polar surface area (TPSA) is 15.3 Å². The first-order valence-corrected chi connectivity index (χ1v) is 6.00. The van der Waals surface area contributed by atoms with Gasteiger partial charge in [0.15, 0.2) is 0 Å². The normalized spacial score (nSPS) is 38.8. The van der Waals surface area contributed by atoms with E-state index in [1.54, 1.807) is 0 Å². The van der Waals surface area contributed by atoms with Gasteiger partial charge in [0.1, 0.15) is 0 Å². The molecule has 2 nitrogen and oxygen atoms in total. The number of nitrogens with one attached hydrogen (secondary N) is 1. The molecule has 2 heterocycles. The molecule has 0 spiro atoms. The molecule has 0 aromatic carbocycles. The standard InChI is InChI=1S/C12H24N2/c1-12(2)8-10(4-6-13-12)11-5-7-14(3)9-11/h10-11,13H,4-9H2,1-3H3. The molecule has 82 valence electrons. The monoisotopic (exact) mass is 196 g/mol. The second kappa shape index (κ2) is 3.82. The second-order valence-electron chi connectivity index (χ2n) is 5.87. The Hall–Kier alpha value is -0.0800.